The number of halogens is 1. The predicted octanol–water partition coefficient (Wildman–Crippen LogP) is 3.96. The molecule has 0 saturated heterocycles. The van der Waals surface area contributed by atoms with E-state index in [0.29, 0.717) is 36.3 Å². The molecule has 0 radical (unpaired) electrons. The van der Waals surface area contributed by atoms with Crippen LogP contribution in [-0.2, 0) is 9.53 Å². The third-order valence-corrected chi connectivity index (χ3v) is 3.72. The zero-order chi connectivity index (χ0) is 20.5. The summed E-state index contributed by atoms with van der Waals surface area (Å²) >= 11 is 5.87. The number of hydrogen-bond acceptors (Lipinski definition) is 6. The van der Waals surface area contributed by atoms with Crippen LogP contribution in [0.4, 0.5) is 5.69 Å². The molecule has 2 rings (SSSR count). The molecule has 0 aliphatic heterocycles. The molecule has 150 valence electrons. The fraction of sp³-hybridized carbons (Fsp3) is 0.350. The lowest BCUT2D eigenvalue weighted by atomic mass is 10.2. The SMILES string of the molecule is CCOc1cc(C(=O)OCC(=O)Nc2cccnc2Cl)ccc1OCC(C)C. The number of aromatic nitrogens is 1. The van der Waals surface area contributed by atoms with E-state index in [1.807, 2.05) is 20.8 Å². The summed E-state index contributed by atoms with van der Waals surface area (Å²) in [6.45, 7) is 6.40. The highest BCUT2D eigenvalue weighted by Crippen LogP contribution is 2.29. The van der Waals surface area contributed by atoms with Gasteiger partial charge in [0.2, 0.25) is 0 Å². The first kappa shape index (κ1) is 21.5. The second kappa shape index (κ2) is 10.5. The normalized spacial score (nSPS) is 10.5. The number of pyridine rings is 1. The van der Waals surface area contributed by atoms with E-state index in [1.54, 1.807) is 24.3 Å². The summed E-state index contributed by atoms with van der Waals surface area (Å²) in [7, 11) is 0. The number of ether oxygens (including phenoxy) is 3. The van der Waals surface area contributed by atoms with E-state index < -0.39 is 18.5 Å². The Labute approximate surface area is 169 Å². The number of hydrogen-bond donors (Lipinski definition) is 1. The van der Waals surface area contributed by atoms with Gasteiger partial charge in [-0.15, -0.1) is 0 Å². The van der Waals surface area contributed by atoms with Gasteiger partial charge in [-0.05, 0) is 43.2 Å². The summed E-state index contributed by atoms with van der Waals surface area (Å²) in [5, 5.41) is 2.68. The first-order valence-electron chi connectivity index (χ1n) is 8.87. The zero-order valence-corrected chi connectivity index (χ0v) is 16.8. The van der Waals surface area contributed by atoms with E-state index >= 15 is 0 Å². The molecule has 0 fully saturated rings. The van der Waals surface area contributed by atoms with E-state index in [1.165, 1.54) is 12.3 Å². The summed E-state index contributed by atoms with van der Waals surface area (Å²) in [5.74, 6) is 0.181. The van der Waals surface area contributed by atoms with Gasteiger partial charge in [-0.25, -0.2) is 9.78 Å². The standard InChI is InChI=1S/C20H23ClN2O5/c1-4-26-17-10-14(7-8-16(17)27-11-13(2)3)20(25)28-12-18(24)23-15-6-5-9-22-19(15)21/h5-10,13H,4,11-12H2,1-3H3,(H,23,24). The molecule has 0 unspecified atom stereocenters. The lowest BCUT2D eigenvalue weighted by molar-refractivity contribution is -0.119. The van der Waals surface area contributed by atoms with Gasteiger partial charge in [-0.1, -0.05) is 25.4 Å². The Morgan fingerprint density at radius 1 is 1.18 bits per heavy atom. The molecule has 0 aliphatic carbocycles. The van der Waals surface area contributed by atoms with Crippen molar-refractivity contribution < 1.29 is 23.8 Å². The average Bonchev–Trinajstić information content (AvgIpc) is 2.67. The molecule has 0 bridgehead atoms. The molecule has 0 saturated carbocycles. The Morgan fingerprint density at radius 2 is 1.96 bits per heavy atom. The predicted molar refractivity (Wildman–Crippen MR) is 106 cm³/mol. The maximum absolute atomic E-state index is 12.3. The van der Waals surface area contributed by atoms with Crippen LogP contribution in [0, 0.1) is 5.92 Å². The van der Waals surface area contributed by atoms with E-state index in [4.69, 9.17) is 25.8 Å². The van der Waals surface area contributed by atoms with Crippen molar-refractivity contribution in [2.75, 3.05) is 25.1 Å². The highest BCUT2D eigenvalue weighted by molar-refractivity contribution is 6.32. The van der Waals surface area contributed by atoms with Crippen molar-refractivity contribution in [3.63, 3.8) is 0 Å². The summed E-state index contributed by atoms with van der Waals surface area (Å²) in [4.78, 5) is 28.1. The van der Waals surface area contributed by atoms with Crippen molar-refractivity contribution >= 4 is 29.2 Å². The van der Waals surface area contributed by atoms with Gasteiger partial charge in [0.15, 0.2) is 23.3 Å². The molecule has 0 spiro atoms. The van der Waals surface area contributed by atoms with E-state index in [0.717, 1.165) is 0 Å². The summed E-state index contributed by atoms with van der Waals surface area (Å²) < 4.78 is 16.3. The largest absolute Gasteiger partial charge is 0.490 e. The molecule has 1 aromatic heterocycles. The molecule has 0 aliphatic rings. The number of nitrogens with zero attached hydrogens (tertiary/aromatic N) is 1. The number of carbonyl (C=O) groups excluding carboxylic acids is 2. The van der Waals surface area contributed by atoms with Crippen LogP contribution >= 0.6 is 11.6 Å². The molecule has 28 heavy (non-hydrogen) atoms. The van der Waals surface area contributed by atoms with Gasteiger partial charge in [-0.2, -0.15) is 0 Å². The smallest absolute Gasteiger partial charge is 0.338 e. The second-order valence-electron chi connectivity index (χ2n) is 6.27. The van der Waals surface area contributed by atoms with Crippen LogP contribution in [0.2, 0.25) is 5.15 Å². The van der Waals surface area contributed by atoms with Crippen LogP contribution in [0.5, 0.6) is 11.5 Å². The maximum Gasteiger partial charge on any atom is 0.338 e. The minimum atomic E-state index is -0.649. The Morgan fingerprint density at radius 3 is 2.64 bits per heavy atom. The van der Waals surface area contributed by atoms with E-state index in [9.17, 15) is 9.59 Å². The van der Waals surface area contributed by atoms with E-state index in [-0.39, 0.29) is 10.7 Å². The molecule has 7 nitrogen and oxygen atoms in total. The van der Waals surface area contributed by atoms with Gasteiger partial charge < -0.3 is 19.5 Å². The summed E-state index contributed by atoms with van der Waals surface area (Å²) in [5.41, 5.74) is 0.600. The molecule has 1 amide bonds. The van der Waals surface area contributed by atoms with Crippen LogP contribution in [0.3, 0.4) is 0 Å². The van der Waals surface area contributed by atoms with Gasteiger partial charge in [0.05, 0.1) is 24.5 Å². The quantitative estimate of drug-likeness (QED) is 0.501. The summed E-state index contributed by atoms with van der Waals surface area (Å²) in [6, 6.07) is 7.98. The molecule has 1 N–H and O–H groups in total. The summed E-state index contributed by atoms with van der Waals surface area (Å²) in [6.07, 6.45) is 1.50. The topological polar surface area (TPSA) is 86.8 Å². The van der Waals surface area contributed by atoms with Gasteiger partial charge >= 0.3 is 5.97 Å². The van der Waals surface area contributed by atoms with Crippen LogP contribution in [0.15, 0.2) is 36.5 Å². The Kier molecular flexibility index (Phi) is 8.07. The lowest BCUT2D eigenvalue weighted by Gasteiger charge is -2.14. The van der Waals surface area contributed by atoms with Crippen molar-refractivity contribution in [3.8, 4) is 11.5 Å². The van der Waals surface area contributed by atoms with Crippen molar-refractivity contribution in [2.45, 2.75) is 20.8 Å². The highest BCUT2D eigenvalue weighted by Gasteiger charge is 2.15. The van der Waals surface area contributed by atoms with Gasteiger partial charge in [0.1, 0.15) is 0 Å². The van der Waals surface area contributed by atoms with Crippen molar-refractivity contribution in [2.24, 2.45) is 5.92 Å². The molecule has 2 aromatic rings. The fourth-order valence-electron chi connectivity index (χ4n) is 2.16. The number of amides is 1. The minimum absolute atomic E-state index is 0.153. The van der Waals surface area contributed by atoms with E-state index in [2.05, 4.69) is 10.3 Å². The monoisotopic (exact) mass is 406 g/mol. The first-order chi connectivity index (χ1) is 13.4. The zero-order valence-electron chi connectivity index (χ0n) is 16.0. The van der Waals surface area contributed by atoms with Crippen LogP contribution < -0.4 is 14.8 Å². The third-order valence-electron chi connectivity index (χ3n) is 3.42. The fourth-order valence-corrected chi connectivity index (χ4v) is 2.33. The number of nitrogens with one attached hydrogen (secondary N) is 1. The molecular formula is C20H23ClN2O5. The van der Waals surface area contributed by atoms with Crippen molar-refractivity contribution in [3.05, 3.63) is 47.2 Å². The van der Waals surface area contributed by atoms with Crippen LogP contribution in [-0.4, -0.2) is 36.7 Å². The number of carbonyl (C=O) groups is 2. The third kappa shape index (κ3) is 6.42. The Bertz CT molecular complexity index is 826. The maximum atomic E-state index is 12.3. The van der Waals surface area contributed by atoms with Crippen LogP contribution in [0.25, 0.3) is 0 Å². The Balaban J connectivity index is 1.98. The number of benzene rings is 1. The van der Waals surface area contributed by atoms with Gasteiger partial charge in [0.25, 0.3) is 5.91 Å². The first-order valence-corrected chi connectivity index (χ1v) is 9.25. The molecular weight excluding hydrogens is 384 g/mol. The molecule has 0 atom stereocenters. The van der Waals surface area contributed by atoms with Gasteiger partial charge in [0, 0.05) is 6.20 Å². The van der Waals surface area contributed by atoms with Crippen LogP contribution in [0.1, 0.15) is 31.1 Å². The average molecular weight is 407 g/mol. The number of esters is 1. The molecule has 8 heteroatoms. The van der Waals surface area contributed by atoms with Crippen molar-refractivity contribution in [1.82, 2.24) is 4.98 Å². The molecule has 1 heterocycles. The Hall–Kier alpha value is -2.80. The second-order valence-corrected chi connectivity index (χ2v) is 6.62. The minimum Gasteiger partial charge on any atom is -0.490 e. The highest BCUT2D eigenvalue weighted by atomic mass is 35.5. The van der Waals surface area contributed by atoms with Crippen molar-refractivity contribution in [1.29, 1.82) is 0 Å². The molecule has 1 aromatic carbocycles. The number of anilines is 1. The van der Waals surface area contributed by atoms with Gasteiger partial charge in [-0.3, -0.25) is 4.79 Å². The number of rotatable bonds is 9. The lowest BCUT2D eigenvalue weighted by Crippen LogP contribution is -2.21.